The SMILES string of the molecule is Nc1cnc(Cl)nc1NC1CCC(=O)NC1=O. The molecule has 1 fully saturated rings. The molecule has 0 aromatic carbocycles. The van der Waals surface area contributed by atoms with Gasteiger partial charge in [0.25, 0.3) is 0 Å². The van der Waals surface area contributed by atoms with Crippen LogP contribution in [0.1, 0.15) is 12.8 Å². The van der Waals surface area contributed by atoms with Gasteiger partial charge in [0.1, 0.15) is 6.04 Å². The van der Waals surface area contributed by atoms with Crippen LogP contribution in [0.3, 0.4) is 0 Å². The van der Waals surface area contributed by atoms with Crippen molar-refractivity contribution in [1.29, 1.82) is 0 Å². The summed E-state index contributed by atoms with van der Waals surface area (Å²) in [6.07, 6.45) is 2.03. The maximum atomic E-state index is 11.5. The van der Waals surface area contributed by atoms with Crippen molar-refractivity contribution in [3.8, 4) is 0 Å². The summed E-state index contributed by atoms with van der Waals surface area (Å²) in [7, 11) is 0. The van der Waals surface area contributed by atoms with Gasteiger partial charge in [-0.15, -0.1) is 0 Å². The Morgan fingerprint density at radius 1 is 1.53 bits per heavy atom. The van der Waals surface area contributed by atoms with Crippen LogP contribution >= 0.6 is 11.6 Å². The molecule has 7 nitrogen and oxygen atoms in total. The number of nitrogens with zero attached hydrogens (tertiary/aromatic N) is 2. The van der Waals surface area contributed by atoms with E-state index in [0.29, 0.717) is 17.9 Å². The number of carbonyl (C=O) groups excluding carboxylic acids is 2. The lowest BCUT2D eigenvalue weighted by Crippen LogP contribution is -2.47. The lowest BCUT2D eigenvalue weighted by molar-refractivity contribution is -0.133. The zero-order valence-corrected chi connectivity index (χ0v) is 9.49. The van der Waals surface area contributed by atoms with Crippen molar-refractivity contribution in [2.45, 2.75) is 18.9 Å². The lowest BCUT2D eigenvalue weighted by atomic mass is 10.1. The zero-order valence-electron chi connectivity index (χ0n) is 8.74. The van der Waals surface area contributed by atoms with Gasteiger partial charge in [-0.1, -0.05) is 0 Å². The number of imide groups is 1. The van der Waals surface area contributed by atoms with Gasteiger partial charge in [0.05, 0.1) is 11.9 Å². The van der Waals surface area contributed by atoms with Gasteiger partial charge in [-0.3, -0.25) is 14.9 Å². The summed E-state index contributed by atoms with van der Waals surface area (Å²) >= 11 is 5.62. The van der Waals surface area contributed by atoms with Gasteiger partial charge in [0, 0.05) is 6.42 Å². The van der Waals surface area contributed by atoms with E-state index < -0.39 is 11.9 Å². The van der Waals surface area contributed by atoms with Gasteiger partial charge >= 0.3 is 0 Å². The fourth-order valence-corrected chi connectivity index (χ4v) is 1.61. The number of nitrogen functional groups attached to an aromatic ring is 1. The zero-order chi connectivity index (χ0) is 12.4. The minimum absolute atomic E-state index is 0.0361. The van der Waals surface area contributed by atoms with Crippen LogP contribution in [0.2, 0.25) is 5.28 Å². The van der Waals surface area contributed by atoms with Gasteiger partial charge in [-0.25, -0.2) is 4.98 Å². The molecule has 1 aromatic rings. The van der Waals surface area contributed by atoms with Gasteiger partial charge in [0.15, 0.2) is 5.82 Å². The van der Waals surface area contributed by atoms with Crippen LogP contribution in [0.4, 0.5) is 11.5 Å². The normalized spacial score (nSPS) is 19.9. The minimum Gasteiger partial charge on any atom is -0.394 e. The number of nitrogens with two attached hydrogens (primary N) is 1. The molecule has 1 atom stereocenters. The molecule has 0 bridgehead atoms. The average Bonchev–Trinajstić information content (AvgIpc) is 2.27. The monoisotopic (exact) mass is 255 g/mol. The average molecular weight is 256 g/mol. The van der Waals surface area contributed by atoms with Crippen molar-refractivity contribution < 1.29 is 9.59 Å². The number of halogens is 1. The number of piperidine rings is 1. The Morgan fingerprint density at radius 3 is 3.00 bits per heavy atom. The molecule has 1 aliphatic heterocycles. The fourth-order valence-electron chi connectivity index (χ4n) is 1.48. The van der Waals surface area contributed by atoms with Gasteiger partial charge in [-0.05, 0) is 18.0 Å². The van der Waals surface area contributed by atoms with Crippen LogP contribution in [0.5, 0.6) is 0 Å². The van der Waals surface area contributed by atoms with Crippen LogP contribution in [-0.2, 0) is 9.59 Å². The second-order valence-corrected chi connectivity index (χ2v) is 3.93. The molecule has 8 heteroatoms. The van der Waals surface area contributed by atoms with E-state index in [2.05, 4.69) is 20.6 Å². The van der Waals surface area contributed by atoms with Crippen molar-refractivity contribution >= 4 is 34.9 Å². The van der Waals surface area contributed by atoms with Crippen molar-refractivity contribution in [2.75, 3.05) is 11.1 Å². The summed E-state index contributed by atoms with van der Waals surface area (Å²) in [5, 5.41) is 5.10. The molecule has 1 saturated heterocycles. The molecule has 1 unspecified atom stereocenters. The Labute approximate surface area is 102 Å². The highest BCUT2D eigenvalue weighted by Crippen LogP contribution is 2.19. The third kappa shape index (κ3) is 2.62. The number of rotatable bonds is 2. The van der Waals surface area contributed by atoms with E-state index in [-0.39, 0.29) is 17.6 Å². The number of hydrogen-bond donors (Lipinski definition) is 3. The Balaban J connectivity index is 2.13. The van der Waals surface area contributed by atoms with Crippen molar-refractivity contribution in [1.82, 2.24) is 15.3 Å². The number of carbonyl (C=O) groups is 2. The standard InChI is InChI=1S/C9H10ClN5O2/c10-9-12-3-4(11)7(15-9)13-5-1-2-6(16)14-8(5)17/h3,5H,1-2,11H2,(H,12,13,15)(H,14,16,17). The molecule has 90 valence electrons. The predicted octanol–water partition coefficient (Wildman–Crippen LogP) is -0.0707. The second-order valence-electron chi connectivity index (χ2n) is 3.59. The molecule has 0 aliphatic carbocycles. The smallest absolute Gasteiger partial charge is 0.249 e. The van der Waals surface area contributed by atoms with E-state index >= 15 is 0 Å². The minimum atomic E-state index is -0.541. The lowest BCUT2D eigenvalue weighted by Gasteiger charge is -2.22. The first-order chi connectivity index (χ1) is 8.06. The molecule has 4 N–H and O–H groups in total. The maximum Gasteiger partial charge on any atom is 0.249 e. The molecular formula is C9H10ClN5O2. The molecule has 0 saturated carbocycles. The molecule has 2 rings (SSSR count). The quantitative estimate of drug-likeness (QED) is 0.504. The van der Waals surface area contributed by atoms with Crippen LogP contribution < -0.4 is 16.4 Å². The molecule has 0 radical (unpaired) electrons. The van der Waals surface area contributed by atoms with Crippen LogP contribution in [-0.4, -0.2) is 27.8 Å². The van der Waals surface area contributed by atoms with E-state index in [4.69, 9.17) is 17.3 Å². The molecular weight excluding hydrogens is 246 g/mol. The van der Waals surface area contributed by atoms with Crippen LogP contribution in [0.15, 0.2) is 6.20 Å². The molecule has 2 amide bonds. The highest BCUT2D eigenvalue weighted by atomic mass is 35.5. The van der Waals surface area contributed by atoms with E-state index in [1.54, 1.807) is 0 Å². The van der Waals surface area contributed by atoms with E-state index in [1.165, 1.54) is 6.20 Å². The van der Waals surface area contributed by atoms with Crippen molar-refractivity contribution in [2.24, 2.45) is 0 Å². The van der Waals surface area contributed by atoms with Crippen LogP contribution in [0.25, 0.3) is 0 Å². The molecule has 17 heavy (non-hydrogen) atoms. The van der Waals surface area contributed by atoms with E-state index in [0.717, 1.165) is 0 Å². The Morgan fingerprint density at radius 2 is 2.29 bits per heavy atom. The predicted molar refractivity (Wildman–Crippen MR) is 61.2 cm³/mol. The fraction of sp³-hybridized carbons (Fsp3) is 0.333. The third-order valence-corrected chi connectivity index (χ3v) is 2.52. The summed E-state index contributed by atoms with van der Waals surface area (Å²) in [6.45, 7) is 0. The topological polar surface area (TPSA) is 110 Å². The molecule has 1 aliphatic rings. The first-order valence-corrected chi connectivity index (χ1v) is 5.32. The second kappa shape index (κ2) is 4.54. The number of hydrogen-bond acceptors (Lipinski definition) is 6. The Kier molecular flexibility index (Phi) is 3.10. The highest BCUT2D eigenvalue weighted by molar-refractivity contribution is 6.28. The molecule has 2 heterocycles. The molecule has 1 aromatic heterocycles. The highest BCUT2D eigenvalue weighted by Gasteiger charge is 2.27. The van der Waals surface area contributed by atoms with Crippen LogP contribution in [0, 0.1) is 0 Å². The van der Waals surface area contributed by atoms with Crippen molar-refractivity contribution in [3.05, 3.63) is 11.5 Å². The first-order valence-electron chi connectivity index (χ1n) is 4.94. The third-order valence-electron chi connectivity index (χ3n) is 2.34. The Bertz CT molecular complexity index is 478. The maximum absolute atomic E-state index is 11.5. The Hall–Kier alpha value is -1.89. The summed E-state index contributed by atoms with van der Waals surface area (Å²) in [5.74, 6) is -0.378. The largest absolute Gasteiger partial charge is 0.394 e. The first kappa shape index (κ1) is 11.6. The van der Waals surface area contributed by atoms with E-state index in [1.807, 2.05) is 0 Å². The number of aromatic nitrogens is 2. The summed E-state index contributed by atoms with van der Waals surface area (Å²) in [4.78, 5) is 30.0. The van der Waals surface area contributed by atoms with E-state index in [9.17, 15) is 9.59 Å². The van der Waals surface area contributed by atoms with Gasteiger partial charge < -0.3 is 11.1 Å². The summed E-state index contributed by atoms with van der Waals surface area (Å²) in [5.41, 5.74) is 5.93. The molecule has 0 spiro atoms. The van der Waals surface area contributed by atoms with Gasteiger partial charge in [-0.2, -0.15) is 4.98 Å². The van der Waals surface area contributed by atoms with Crippen molar-refractivity contribution in [3.63, 3.8) is 0 Å². The number of amides is 2. The number of anilines is 2. The summed E-state index contributed by atoms with van der Waals surface area (Å²) < 4.78 is 0. The number of nitrogens with one attached hydrogen (secondary N) is 2. The summed E-state index contributed by atoms with van der Waals surface area (Å²) in [6, 6.07) is -0.541. The van der Waals surface area contributed by atoms with Gasteiger partial charge in [0.2, 0.25) is 17.1 Å².